The minimum absolute atomic E-state index is 0.339. The lowest BCUT2D eigenvalue weighted by Crippen LogP contribution is -2.04. The third-order valence-corrected chi connectivity index (χ3v) is 3.80. The molecule has 2 heterocycles. The van der Waals surface area contributed by atoms with Crippen LogP contribution in [-0.4, -0.2) is 9.81 Å². The van der Waals surface area contributed by atoms with Gasteiger partial charge in [0.15, 0.2) is 11.5 Å². The number of hydrogen-bond donors (Lipinski definition) is 0. The molecule has 0 amide bonds. The summed E-state index contributed by atoms with van der Waals surface area (Å²) in [5, 5.41) is 0. The van der Waals surface area contributed by atoms with E-state index in [9.17, 15) is 0 Å². The minimum atomic E-state index is 0.339. The van der Waals surface area contributed by atoms with Gasteiger partial charge in [0.25, 0.3) is 0 Å². The number of nitrogens with zero attached hydrogens (tertiary/aromatic N) is 1. The Bertz CT molecular complexity index is 612. The van der Waals surface area contributed by atoms with Gasteiger partial charge in [0.2, 0.25) is 0 Å². The van der Waals surface area contributed by atoms with Crippen LogP contribution in [-0.2, 0) is 12.8 Å². The minimum Gasteiger partial charge on any atom is -0.469 e. The highest BCUT2D eigenvalue weighted by atomic mass is 79.9. The Hall–Kier alpha value is -1.55. The van der Waals surface area contributed by atoms with Crippen LogP contribution >= 0.6 is 15.9 Å². The summed E-state index contributed by atoms with van der Waals surface area (Å²) in [6.07, 6.45) is 4.41. The fourth-order valence-corrected chi connectivity index (χ4v) is 2.56. The van der Waals surface area contributed by atoms with E-state index in [1.165, 1.54) is 0 Å². The standard InChI is InChI=1S/C15H14BrNO2/c16-11(7-8-12-4-3-9-18-12)10-15-17-13-5-1-2-6-14(13)19-15/h1-6,9,11H,7-8,10H2. The molecule has 3 aromatic rings. The molecule has 19 heavy (non-hydrogen) atoms. The van der Waals surface area contributed by atoms with E-state index in [4.69, 9.17) is 8.83 Å². The van der Waals surface area contributed by atoms with Crippen molar-refractivity contribution in [1.29, 1.82) is 0 Å². The summed E-state index contributed by atoms with van der Waals surface area (Å²) in [7, 11) is 0. The highest BCUT2D eigenvalue weighted by Crippen LogP contribution is 2.20. The number of halogens is 1. The van der Waals surface area contributed by atoms with E-state index < -0.39 is 0 Å². The lowest BCUT2D eigenvalue weighted by Gasteiger charge is -2.05. The van der Waals surface area contributed by atoms with Crippen molar-refractivity contribution in [3.8, 4) is 0 Å². The highest BCUT2D eigenvalue weighted by Gasteiger charge is 2.12. The van der Waals surface area contributed by atoms with Gasteiger partial charge in [0.1, 0.15) is 11.3 Å². The van der Waals surface area contributed by atoms with Gasteiger partial charge in [-0.1, -0.05) is 28.1 Å². The van der Waals surface area contributed by atoms with E-state index in [1.807, 2.05) is 36.4 Å². The highest BCUT2D eigenvalue weighted by molar-refractivity contribution is 9.09. The molecule has 0 radical (unpaired) electrons. The van der Waals surface area contributed by atoms with Crippen molar-refractivity contribution in [2.24, 2.45) is 0 Å². The lowest BCUT2D eigenvalue weighted by atomic mass is 10.1. The van der Waals surface area contributed by atoms with Crippen molar-refractivity contribution in [3.05, 3.63) is 54.3 Å². The molecular weight excluding hydrogens is 306 g/mol. The summed E-state index contributed by atoms with van der Waals surface area (Å²) in [4.78, 5) is 4.82. The maximum atomic E-state index is 5.71. The van der Waals surface area contributed by atoms with Crippen LogP contribution in [0.5, 0.6) is 0 Å². The molecule has 0 saturated carbocycles. The van der Waals surface area contributed by atoms with Crippen LogP contribution in [0.1, 0.15) is 18.1 Å². The molecule has 0 fully saturated rings. The molecule has 0 N–H and O–H groups in total. The van der Waals surface area contributed by atoms with Crippen molar-refractivity contribution < 1.29 is 8.83 Å². The molecule has 98 valence electrons. The molecule has 0 spiro atoms. The summed E-state index contributed by atoms with van der Waals surface area (Å²) in [6, 6.07) is 11.8. The summed E-state index contributed by atoms with van der Waals surface area (Å²) >= 11 is 3.68. The van der Waals surface area contributed by atoms with Crippen LogP contribution in [0, 0.1) is 0 Å². The molecule has 3 rings (SSSR count). The number of alkyl halides is 1. The number of benzene rings is 1. The van der Waals surface area contributed by atoms with Crippen LogP contribution in [0.25, 0.3) is 11.1 Å². The summed E-state index contributed by atoms with van der Waals surface area (Å²) in [6.45, 7) is 0. The van der Waals surface area contributed by atoms with E-state index in [0.717, 1.165) is 42.0 Å². The first-order chi connectivity index (χ1) is 9.31. The quantitative estimate of drug-likeness (QED) is 0.656. The smallest absolute Gasteiger partial charge is 0.196 e. The molecule has 0 aliphatic rings. The second-order valence-corrected chi connectivity index (χ2v) is 5.79. The summed E-state index contributed by atoms with van der Waals surface area (Å²) < 4.78 is 11.0. The normalized spacial score (nSPS) is 12.9. The fraction of sp³-hybridized carbons (Fsp3) is 0.267. The van der Waals surface area contributed by atoms with Gasteiger partial charge in [-0.3, -0.25) is 0 Å². The monoisotopic (exact) mass is 319 g/mol. The average Bonchev–Trinajstić information content (AvgIpc) is 3.04. The van der Waals surface area contributed by atoms with Gasteiger partial charge in [-0.15, -0.1) is 0 Å². The van der Waals surface area contributed by atoms with E-state index in [1.54, 1.807) is 6.26 Å². The van der Waals surface area contributed by atoms with Crippen molar-refractivity contribution >= 4 is 27.0 Å². The van der Waals surface area contributed by atoms with Crippen molar-refractivity contribution in [2.75, 3.05) is 0 Å². The van der Waals surface area contributed by atoms with Crippen LogP contribution in [0.15, 0.2) is 51.5 Å². The number of oxazole rings is 1. The van der Waals surface area contributed by atoms with Gasteiger partial charge < -0.3 is 8.83 Å². The molecule has 0 bridgehead atoms. The molecule has 2 aromatic heterocycles. The van der Waals surface area contributed by atoms with Crippen LogP contribution in [0.4, 0.5) is 0 Å². The van der Waals surface area contributed by atoms with Gasteiger partial charge in [-0.05, 0) is 30.7 Å². The maximum Gasteiger partial charge on any atom is 0.196 e. The van der Waals surface area contributed by atoms with Gasteiger partial charge in [-0.25, -0.2) is 4.98 Å². The molecule has 1 aromatic carbocycles. The van der Waals surface area contributed by atoms with Gasteiger partial charge in [-0.2, -0.15) is 0 Å². The third-order valence-electron chi connectivity index (χ3n) is 3.02. The zero-order valence-corrected chi connectivity index (χ0v) is 12.0. The van der Waals surface area contributed by atoms with Gasteiger partial charge in [0.05, 0.1) is 6.26 Å². The van der Waals surface area contributed by atoms with Crippen LogP contribution < -0.4 is 0 Å². The topological polar surface area (TPSA) is 39.2 Å². The summed E-state index contributed by atoms with van der Waals surface area (Å²) in [5.74, 6) is 1.80. The maximum absolute atomic E-state index is 5.71. The Morgan fingerprint density at radius 1 is 1.16 bits per heavy atom. The molecule has 0 aliphatic carbocycles. The second kappa shape index (κ2) is 5.61. The van der Waals surface area contributed by atoms with Crippen molar-refractivity contribution in [2.45, 2.75) is 24.1 Å². The second-order valence-electron chi connectivity index (χ2n) is 4.49. The van der Waals surface area contributed by atoms with E-state index >= 15 is 0 Å². The van der Waals surface area contributed by atoms with E-state index in [-0.39, 0.29) is 0 Å². The zero-order valence-electron chi connectivity index (χ0n) is 10.4. The first-order valence-corrected chi connectivity index (χ1v) is 7.24. The number of fused-ring (bicyclic) bond motifs is 1. The number of hydrogen-bond acceptors (Lipinski definition) is 3. The predicted octanol–water partition coefficient (Wildman–Crippen LogP) is 4.36. The first kappa shape index (κ1) is 12.5. The SMILES string of the molecule is BrC(CCc1ccco1)Cc1nc2ccccc2o1. The van der Waals surface area contributed by atoms with E-state index in [2.05, 4.69) is 20.9 Å². The molecule has 1 unspecified atom stereocenters. The van der Waals surface area contributed by atoms with Crippen LogP contribution in [0.3, 0.4) is 0 Å². The number of aryl methyl sites for hydroxylation is 1. The van der Waals surface area contributed by atoms with Gasteiger partial charge >= 0.3 is 0 Å². The molecule has 1 atom stereocenters. The Morgan fingerprint density at radius 3 is 2.84 bits per heavy atom. The Balaban J connectivity index is 1.60. The van der Waals surface area contributed by atoms with Crippen LogP contribution in [0.2, 0.25) is 0 Å². The average molecular weight is 320 g/mol. The lowest BCUT2D eigenvalue weighted by molar-refractivity contribution is 0.488. The zero-order chi connectivity index (χ0) is 13.1. The number of rotatable bonds is 5. The van der Waals surface area contributed by atoms with E-state index in [0.29, 0.717) is 4.83 Å². The fourth-order valence-electron chi connectivity index (χ4n) is 2.05. The molecule has 3 nitrogen and oxygen atoms in total. The Morgan fingerprint density at radius 2 is 2.05 bits per heavy atom. The molecule has 0 aliphatic heterocycles. The Labute approximate surface area is 119 Å². The largest absolute Gasteiger partial charge is 0.469 e. The van der Waals surface area contributed by atoms with Crippen molar-refractivity contribution in [3.63, 3.8) is 0 Å². The number of furan rings is 1. The number of para-hydroxylation sites is 2. The van der Waals surface area contributed by atoms with Gasteiger partial charge in [0, 0.05) is 17.7 Å². The third kappa shape index (κ3) is 3.07. The first-order valence-electron chi connectivity index (χ1n) is 6.32. The Kier molecular flexibility index (Phi) is 3.69. The number of aromatic nitrogens is 1. The molecule has 0 saturated heterocycles. The molecular formula is C15H14BrNO2. The molecule has 4 heteroatoms. The predicted molar refractivity (Wildman–Crippen MR) is 77.5 cm³/mol. The van der Waals surface area contributed by atoms with Crippen molar-refractivity contribution in [1.82, 2.24) is 4.98 Å². The summed E-state index contributed by atoms with van der Waals surface area (Å²) in [5.41, 5.74) is 1.77.